The monoisotopic (exact) mass is 402 g/mol. The SMILES string of the molecule is CCC12CCCCCN1c1nc(-n3nccc3-c3ccccc3)ncc1N(C)C2=O. The van der Waals surface area contributed by atoms with Crippen molar-refractivity contribution in [2.45, 2.75) is 44.6 Å². The summed E-state index contributed by atoms with van der Waals surface area (Å²) in [5.74, 6) is 1.51. The van der Waals surface area contributed by atoms with Crippen LogP contribution in [0.5, 0.6) is 0 Å². The lowest BCUT2D eigenvalue weighted by Crippen LogP contribution is -2.62. The summed E-state index contributed by atoms with van der Waals surface area (Å²) in [5.41, 5.74) is 2.24. The maximum absolute atomic E-state index is 13.4. The number of aromatic nitrogens is 4. The Balaban J connectivity index is 1.65. The van der Waals surface area contributed by atoms with E-state index in [1.54, 1.807) is 22.0 Å². The fraction of sp³-hybridized carbons (Fsp3) is 0.391. The second kappa shape index (κ2) is 7.23. The quantitative estimate of drug-likeness (QED) is 0.666. The third kappa shape index (κ3) is 2.72. The summed E-state index contributed by atoms with van der Waals surface area (Å²) in [6, 6.07) is 12.1. The van der Waals surface area contributed by atoms with Crippen molar-refractivity contribution in [3.63, 3.8) is 0 Å². The molecule has 0 saturated carbocycles. The van der Waals surface area contributed by atoms with Crippen LogP contribution in [0.15, 0.2) is 48.8 Å². The summed E-state index contributed by atoms with van der Waals surface area (Å²) in [7, 11) is 1.84. The number of likely N-dealkylation sites (N-methyl/N-ethyl adjacent to an activating group) is 1. The lowest BCUT2D eigenvalue weighted by molar-refractivity contribution is -0.124. The normalized spacial score (nSPS) is 21.2. The van der Waals surface area contributed by atoms with Gasteiger partial charge in [-0.15, -0.1) is 0 Å². The van der Waals surface area contributed by atoms with Crippen LogP contribution in [0.4, 0.5) is 11.5 Å². The largest absolute Gasteiger partial charge is 0.340 e. The predicted octanol–water partition coefficient (Wildman–Crippen LogP) is 3.83. The number of anilines is 2. The van der Waals surface area contributed by atoms with Gasteiger partial charge in [0.05, 0.1) is 18.1 Å². The fourth-order valence-electron chi connectivity index (χ4n) is 4.87. The molecule has 7 nitrogen and oxygen atoms in total. The van der Waals surface area contributed by atoms with Gasteiger partial charge in [-0.25, -0.2) is 4.98 Å². The number of hydrogen-bond acceptors (Lipinski definition) is 5. The van der Waals surface area contributed by atoms with Crippen molar-refractivity contribution in [3.05, 3.63) is 48.8 Å². The van der Waals surface area contributed by atoms with Gasteiger partial charge >= 0.3 is 0 Å². The van der Waals surface area contributed by atoms with Crippen molar-refractivity contribution in [2.24, 2.45) is 0 Å². The molecule has 2 aliphatic rings. The Kier molecular flexibility index (Phi) is 4.53. The Morgan fingerprint density at radius 2 is 1.93 bits per heavy atom. The van der Waals surface area contributed by atoms with Gasteiger partial charge in [-0.2, -0.15) is 14.8 Å². The molecule has 5 rings (SSSR count). The lowest BCUT2D eigenvalue weighted by atomic mass is 9.85. The number of rotatable bonds is 3. The Bertz CT molecular complexity index is 1080. The van der Waals surface area contributed by atoms with E-state index < -0.39 is 5.54 Å². The van der Waals surface area contributed by atoms with E-state index in [1.165, 1.54) is 0 Å². The topological polar surface area (TPSA) is 67.2 Å². The van der Waals surface area contributed by atoms with E-state index in [0.29, 0.717) is 5.95 Å². The highest BCUT2D eigenvalue weighted by Gasteiger charge is 2.50. The molecule has 2 aliphatic heterocycles. The Morgan fingerprint density at radius 3 is 2.73 bits per heavy atom. The van der Waals surface area contributed by atoms with Gasteiger partial charge in [0, 0.05) is 19.2 Å². The second-order valence-corrected chi connectivity index (χ2v) is 8.08. The van der Waals surface area contributed by atoms with Crippen LogP contribution >= 0.6 is 0 Å². The Hall–Kier alpha value is -3.22. The molecule has 154 valence electrons. The highest BCUT2D eigenvalue weighted by molar-refractivity contribution is 6.07. The minimum Gasteiger partial charge on any atom is -0.340 e. The molecule has 1 amide bonds. The van der Waals surface area contributed by atoms with Gasteiger partial charge in [0.2, 0.25) is 0 Å². The first-order chi connectivity index (χ1) is 14.7. The van der Waals surface area contributed by atoms with E-state index in [1.807, 2.05) is 31.3 Å². The van der Waals surface area contributed by atoms with Gasteiger partial charge in [-0.05, 0) is 25.3 Å². The van der Waals surface area contributed by atoms with Crippen LogP contribution in [0.25, 0.3) is 17.2 Å². The van der Waals surface area contributed by atoms with Gasteiger partial charge in [0.25, 0.3) is 11.9 Å². The molecule has 2 aromatic heterocycles. The molecule has 3 aromatic rings. The Labute approximate surface area is 176 Å². The summed E-state index contributed by atoms with van der Waals surface area (Å²) >= 11 is 0. The molecule has 4 heterocycles. The van der Waals surface area contributed by atoms with E-state index in [9.17, 15) is 4.79 Å². The van der Waals surface area contributed by atoms with Crippen molar-refractivity contribution in [2.75, 3.05) is 23.4 Å². The number of fused-ring (bicyclic) bond motifs is 3. The van der Waals surface area contributed by atoms with E-state index in [0.717, 1.165) is 61.4 Å². The van der Waals surface area contributed by atoms with Crippen molar-refractivity contribution < 1.29 is 4.79 Å². The maximum Gasteiger partial charge on any atom is 0.253 e. The van der Waals surface area contributed by atoms with E-state index in [2.05, 4.69) is 34.0 Å². The second-order valence-electron chi connectivity index (χ2n) is 8.08. The number of carbonyl (C=O) groups excluding carboxylic acids is 1. The first-order valence-corrected chi connectivity index (χ1v) is 10.7. The van der Waals surface area contributed by atoms with Crippen LogP contribution < -0.4 is 9.80 Å². The Morgan fingerprint density at radius 1 is 1.10 bits per heavy atom. The molecule has 0 N–H and O–H groups in total. The number of nitrogens with zero attached hydrogens (tertiary/aromatic N) is 6. The minimum absolute atomic E-state index is 0.153. The van der Waals surface area contributed by atoms with Crippen LogP contribution in [0.1, 0.15) is 39.0 Å². The highest BCUT2D eigenvalue weighted by Crippen LogP contribution is 2.44. The number of hydrogen-bond donors (Lipinski definition) is 0. The van der Waals surface area contributed by atoms with Gasteiger partial charge in [0.1, 0.15) is 11.2 Å². The summed E-state index contributed by atoms with van der Waals surface area (Å²) < 4.78 is 1.78. The van der Waals surface area contributed by atoms with Crippen molar-refractivity contribution in [1.29, 1.82) is 0 Å². The van der Waals surface area contributed by atoms with Crippen LogP contribution in [0.2, 0.25) is 0 Å². The molecule has 1 aromatic carbocycles. The van der Waals surface area contributed by atoms with Gasteiger partial charge in [0.15, 0.2) is 5.82 Å². The molecule has 1 saturated heterocycles. The van der Waals surface area contributed by atoms with E-state index in [4.69, 9.17) is 4.98 Å². The van der Waals surface area contributed by atoms with Crippen molar-refractivity contribution >= 4 is 17.4 Å². The van der Waals surface area contributed by atoms with Crippen LogP contribution in [0.3, 0.4) is 0 Å². The number of amides is 1. The number of benzene rings is 1. The van der Waals surface area contributed by atoms with E-state index >= 15 is 0 Å². The minimum atomic E-state index is -0.518. The van der Waals surface area contributed by atoms with Gasteiger partial charge in [-0.3, -0.25) is 4.79 Å². The average molecular weight is 403 g/mol. The van der Waals surface area contributed by atoms with Crippen LogP contribution in [0, 0.1) is 0 Å². The number of carbonyl (C=O) groups is 1. The molecule has 0 aliphatic carbocycles. The molecular weight excluding hydrogens is 376 g/mol. The zero-order valence-corrected chi connectivity index (χ0v) is 17.5. The van der Waals surface area contributed by atoms with Crippen molar-refractivity contribution in [1.82, 2.24) is 19.7 Å². The average Bonchev–Trinajstić information content (AvgIpc) is 3.18. The predicted molar refractivity (Wildman–Crippen MR) is 117 cm³/mol. The third-order valence-electron chi connectivity index (χ3n) is 6.53. The van der Waals surface area contributed by atoms with Gasteiger partial charge < -0.3 is 9.80 Å². The van der Waals surface area contributed by atoms with E-state index in [-0.39, 0.29) is 5.91 Å². The smallest absolute Gasteiger partial charge is 0.253 e. The lowest BCUT2D eigenvalue weighted by Gasteiger charge is -2.48. The zero-order chi connectivity index (χ0) is 20.7. The summed E-state index contributed by atoms with van der Waals surface area (Å²) in [6.07, 6.45) is 8.43. The molecule has 1 fully saturated rings. The summed E-state index contributed by atoms with van der Waals surface area (Å²) in [5, 5.41) is 4.50. The molecule has 0 radical (unpaired) electrons. The molecule has 1 atom stereocenters. The summed E-state index contributed by atoms with van der Waals surface area (Å²) in [6.45, 7) is 2.94. The van der Waals surface area contributed by atoms with Gasteiger partial charge in [-0.1, -0.05) is 50.1 Å². The molecule has 0 spiro atoms. The van der Waals surface area contributed by atoms with Crippen LogP contribution in [-0.4, -0.2) is 44.8 Å². The highest BCUT2D eigenvalue weighted by atomic mass is 16.2. The third-order valence-corrected chi connectivity index (χ3v) is 6.53. The van der Waals surface area contributed by atoms with Crippen LogP contribution in [-0.2, 0) is 4.79 Å². The first-order valence-electron chi connectivity index (χ1n) is 10.7. The standard InChI is InChI=1S/C23H26N6O/c1-3-23-13-8-5-9-15-28(23)20-19(27(2)21(23)30)16-24-22(26-20)29-18(12-14-25-29)17-10-6-4-7-11-17/h4,6-7,10-12,14,16H,3,5,8-9,13,15H2,1-2H3. The first kappa shape index (κ1) is 18.8. The molecular formula is C23H26N6O. The zero-order valence-electron chi connectivity index (χ0n) is 17.5. The molecule has 0 bridgehead atoms. The molecule has 1 unspecified atom stereocenters. The fourth-order valence-corrected chi connectivity index (χ4v) is 4.87. The maximum atomic E-state index is 13.4. The molecule has 30 heavy (non-hydrogen) atoms. The molecule has 7 heteroatoms. The summed E-state index contributed by atoms with van der Waals surface area (Å²) in [4.78, 5) is 26.9. The van der Waals surface area contributed by atoms with Crippen molar-refractivity contribution in [3.8, 4) is 17.2 Å².